The quantitative estimate of drug-likeness (QED) is 0.819. The Hall–Kier alpha value is -1.43. The van der Waals surface area contributed by atoms with E-state index < -0.39 is 17.7 Å². The second kappa shape index (κ2) is 6.34. The van der Waals surface area contributed by atoms with Crippen LogP contribution in [0.2, 0.25) is 0 Å². The van der Waals surface area contributed by atoms with Gasteiger partial charge < -0.3 is 10.4 Å². The van der Waals surface area contributed by atoms with Crippen molar-refractivity contribution in [3.63, 3.8) is 0 Å². The molecular formula is C11H11BrFNO3. The molecule has 0 aliphatic carbocycles. The van der Waals surface area contributed by atoms with E-state index in [0.29, 0.717) is 10.9 Å². The number of carboxylic acid groups (broad SMARTS) is 1. The molecule has 1 rings (SSSR count). The van der Waals surface area contributed by atoms with Crippen molar-refractivity contribution in [2.45, 2.75) is 12.8 Å². The number of benzene rings is 1. The average Bonchev–Trinajstić information content (AvgIpc) is 2.27. The Morgan fingerprint density at radius 3 is 2.76 bits per heavy atom. The van der Waals surface area contributed by atoms with Gasteiger partial charge in [-0.1, -0.05) is 15.9 Å². The molecule has 0 bridgehead atoms. The minimum Gasteiger partial charge on any atom is -0.481 e. The molecule has 6 heteroatoms. The highest BCUT2D eigenvalue weighted by Gasteiger charge is 2.11. The van der Waals surface area contributed by atoms with Crippen LogP contribution in [0.4, 0.5) is 4.39 Å². The summed E-state index contributed by atoms with van der Waals surface area (Å²) in [6, 6.07) is 4.06. The summed E-state index contributed by atoms with van der Waals surface area (Å²) in [5, 5.41) is 10.9. The van der Waals surface area contributed by atoms with E-state index >= 15 is 0 Å². The molecule has 0 aromatic heterocycles. The van der Waals surface area contributed by atoms with Gasteiger partial charge in [0.2, 0.25) is 0 Å². The van der Waals surface area contributed by atoms with Gasteiger partial charge in [-0.3, -0.25) is 9.59 Å². The molecule has 0 spiro atoms. The largest absolute Gasteiger partial charge is 0.481 e. The highest BCUT2D eigenvalue weighted by molar-refractivity contribution is 9.10. The third-order valence-electron chi connectivity index (χ3n) is 2.03. The van der Waals surface area contributed by atoms with Gasteiger partial charge in [0.05, 0.1) is 5.56 Å². The normalized spacial score (nSPS) is 10.0. The zero-order chi connectivity index (χ0) is 12.8. The van der Waals surface area contributed by atoms with Gasteiger partial charge in [-0.25, -0.2) is 4.39 Å². The Bertz CT molecular complexity index is 437. The molecule has 2 N–H and O–H groups in total. The van der Waals surface area contributed by atoms with Crippen LogP contribution in [0.15, 0.2) is 22.7 Å². The van der Waals surface area contributed by atoms with E-state index in [2.05, 4.69) is 21.2 Å². The lowest BCUT2D eigenvalue weighted by Crippen LogP contribution is -2.25. The van der Waals surface area contributed by atoms with Crippen molar-refractivity contribution in [2.24, 2.45) is 0 Å². The van der Waals surface area contributed by atoms with Crippen molar-refractivity contribution >= 4 is 27.8 Å². The van der Waals surface area contributed by atoms with Crippen molar-refractivity contribution in [3.8, 4) is 0 Å². The number of aliphatic carboxylic acids is 1. The van der Waals surface area contributed by atoms with Crippen LogP contribution < -0.4 is 5.32 Å². The molecular weight excluding hydrogens is 293 g/mol. The zero-order valence-corrected chi connectivity index (χ0v) is 10.5. The topological polar surface area (TPSA) is 66.4 Å². The second-order valence-corrected chi connectivity index (χ2v) is 4.29. The van der Waals surface area contributed by atoms with Gasteiger partial charge in [-0.05, 0) is 24.6 Å². The van der Waals surface area contributed by atoms with E-state index in [1.165, 1.54) is 18.2 Å². The third-order valence-corrected chi connectivity index (χ3v) is 2.52. The summed E-state index contributed by atoms with van der Waals surface area (Å²) in [5.41, 5.74) is -0.0605. The van der Waals surface area contributed by atoms with Gasteiger partial charge in [0.1, 0.15) is 5.82 Å². The minimum absolute atomic E-state index is 0.0265. The van der Waals surface area contributed by atoms with Crippen LogP contribution in [0.25, 0.3) is 0 Å². The fourth-order valence-electron chi connectivity index (χ4n) is 1.21. The van der Waals surface area contributed by atoms with Gasteiger partial charge in [0.15, 0.2) is 0 Å². The molecule has 0 atom stereocenters. The van der Waals surface area contributed by atoms with E-state index in [1.807, 2.05) is 0 Å². The molecule has 0 unspecified atom stereocenters. The molecule has 0 aliphatic rings. The maximum atomic E-state index is 13.3. The number of hydrogen-bond donors (Lipinski definition) is 2. The van der Waals surface area contributed by atoms with Gasteiger partial charge >= 0.3 is 5.97 Å². The molecule has 1 aromatic rings. The number of carbonyl (C=O) groups is 2. The van der Waals surface area contributed by atoms with Crippen LogP contribution >= 0.6 is 15.9 Å². The molecule has 92 valence electrons. The van der Waals surface area contributed by atoms with Crippen LogP contribution in [-0.4, -0.2) is 23.5 Å². The van der Waals surface area contributed by atoms with Gasteiger partial charge in [0, 0.05) is 17.4 Å². The number of halogens is 2. The molecule has 0 radical (unpaired) electrons. The zero-order valence-electron chi connectivity index (χ0n) is 8.87. The molecule has 1 amide bonds. The smallest absolute Gasteiger partial charge is 0.303 e. The van der Waals surface area contributed by atoms with E-state index in [1.54, 1.807) is 0 Å². The Morgan fingerprint density at radius 2 is 2.12 bits per heavy atom. The average molecular weight is 304 g/mol. The van der Waals surface area contributed by atoms with E-state index in [9.17, 15) is 14.0 Å². The fourth-order valence-corrected chi connectivity index (χ4v) is 1.57. The predicted molar refractivity (Wildman–Crippen MR) is 63.3 cm³/mol. The summed E-state index contributed by atoms with van der Waals surface area (Å²) in [6.07, 6.45) is 0.290. The minimum atomic E-state index is -0.923. The molecule has 0 heterocycles. The van der Waals surface area contributed by atoms with Crippen LogP contribution in [0.3, 0.4) is 0 Å². The summed E-state index contributed by atoms with van der Waals surface area (Å²) in [6.45, 7) is 0.205. The SMILES string of the molecule is O=C(O)CCCNC(=O)c1cc(Br)ccc1F. The maximum absolute atomic E-state index is 13.3. The molecule has 0 fully saturated rings. The van der Waals surface area contributed by atoms with Crippen LogP contribution in [0, 0.1) is 5.82 Å². The number of rotatable bonds is 5. The van der Waals surface area contributed by atoms with Crippen molar-refractivity contribution in [3.05, 3.63) is 34.1 Å². The van der Waals surface area contributed by atoms with Gasteiger partial charge in [-0.2, -0.15) is 0 Å². The molecule has 17 heavy (non-hydrogen) atoms. The maximum Gasteiger partial charge on any atom is 0.303 e. The monoisotopic (exact) mass is 303 g/mol. The number of amides is 1. The second-order valence-electron chi connectivity index (χ2n) is 3.38. The lowest BCUT2D eigenvalue weighted by atomic mass is 10.2. The first-order valence-corrected chi connectivity index (χ1v) is 5.75. The Kier molecular flexibility index (Phi) is 5.09. The number of nitrogens with one attached hydrogen (secondary N) is 1. The molecule has 4 nitrogen and oxygen atoms in total. The van der Waals surface area contributed by atoms with Gasteiger partial charge in [0.25, 0.3) is 5.91 Å². The number of carbonyl (C=O) groups excluding carboxylic acids is 1. The summed E-state index contributed by atoms with van der Waals surface area (Å²) >= 11 is 3.14. The van der Waals surface area contributed by atoms with Crippen LogP contribution in [0.1, 0.15) is 23.2 Å². The summed E-state index contributed by atoms with van der Waals surface area (Å²) in [4.78, 5) is 21.8. The van der Waals surface area contributed by atoms with Crippen molar-refractivity contribution in [1.82, 2.24) is 5.32 Å². The highest BCUT2D eigenvalue weighted by atomic mass is 79.9. The fraction of sp³-hybridized carbons (Fsp3) is 0.273. The Morgan fingerprint density at radius 1 is 1.41 bits per heavy atom. The Balaban J connectivity index is 2.52. The van der Waals surface area contributed by atoms with Crippen molar-refractivity contribution < 1.29 is 19.1 Å². The van der Waals surface area contributed by atoms with E-state index in [-0.39, 0.29) is 18.5 Å². The van der Waals surface area contributed by atoms with Crippen molar-refractivity contribution in [2.75, 3.05) is 6.54 Å². The van der Waals surface area contributed by atoms with Gasteiger partial charge in [-0.15, -0.1) is 0 Å². The molecule has 1 aromatic carbocycles. The highest BCUT2D eigenvalue weighted by Crippen LogP contribution is 2.15. The number of hydrogen-bond acceptors (Lipinski definition) is 2. The summed E-state index contributed by atoms with van der Waals surface area (Å²) < 4.78 is 13.9. The van der Waals surface area contributed by atoms with E-state index in [4.69, 9.17) is 5.11 Å². The van der Waals surface area contributed by atoms with Crippen molar-refractivity contribution in [1.29, 1.82) is 0 Å². The predicted octanol–water partition coefficient (Wildman–Crippen LogP) is 2.18. The molecule has 0 saturated heterocycles. The number of carboxylic acids is 1. The first-order chi connectivity index (χ1) is 8.00. The lowest BCUT2D eigenvalue weighted by Gasteiger charge is -2.05. The first kappa shape index (κ1) is 13.6. The summed E-state index contributed by atoms with van der Waals surface area (Å²) in [7, 11) is 0. The van der Waals surface area contributed by atoms with E-state index in [0.717, 1.165) is 0 Å². The third kappa shape index (κ3) is 4.52. The molecule has 0 saturated carbocycles. The first-order valence-electron chi connectivity index (χ1n) is 4.95. The summed E-state index contributed by atoms with van der Waals surface area (Å²) in [5.74, 6) is -2.08. The molecule has 0 aliphatic heterocycles. The Labute approximate surface area is 106 Å². The van der Waals surface area contributed by atoms with Crippen LogP contribution in [0.5, 0.6) is 0 Å². The lowest BCUT2D eigenvalue weighted by molar-refractivity contribution is -0.137. The van der Waals surface area contributed by atoms with Crippen LogP contribution in [-0.2, 0) is 4.79 Å². The standard InChI is InChI=1S/C11H11BrFNO3/c12-7-3-4-9(13)8(6-7)11(17)14-5-1-2-10(15)16/h3-4,6H,1-2,5H2,(H,14,17)(H,15,16).